The van der Waals surface area contributed by atoms with Crippen LogP contribution in [0.5, 0.6) is 0 Å². The number of fused-ring (bicyclic) bond motifs is 1. The van der Waals surface area contributed by atoms with E-state index in [1.807, 2.05) is 65.7 Å². The molecule has 2 fully saturated rings. The third kappa shape index (κ3) is 6.50. The van der Waals surface area contributed by atoms with E-state index in [1.165, 1.54) is 0 Å². The summed E-state index contributed by atoms with van der Waals surface area (Å²) in [4.78, 5) is 39.9. The molecule has 2 saturated heterocycles. The molecule has 0 unspecified atom stereocenters. The normalized spacial score (nSPS) is 15.9. The first kappa shape index (κ1) is 27.6. The molecule has 0 aliphatic carbocycles. The Morgan fingerprint density at radius 3 is 2.40 bits per heavy atom. The Morgan fingerprint density at radius 2 is 1.64 bits per heavy atom. The van der Waals surface area contributed by atoms with Crippen LogP contribution in [0.1, 0.15) is 6.92 Å². The van der Waals surface area contributed by atoms with Crippen LogP contribution in [0.15, 0.2) is 72.9 Å². The number of hydrogen-bond acceptors (Lipinski definition) is 8. The first-order valence-corrected chi connectivity index (χ1v) is 14.4. The summed E-state index contributed by atoms with van der Waals surface area (Å²) in [6.07, 6.45) is 1.83. The lowest BCUT2D eigenvalue weighted by Crippen LogP contribution is -2.48. The SMILES string of the molecule is CC(=O)N1CCN(c2cccc(Nc3ncc4cccc(-c5ccc(NC(=O)CN6CCOCC6)cc5)c4n3)c2)CC1. The molecule has 0 bridgehead atoms. The highest BCUT2D eigenvalue weighted by Crippen LogP contribution is 2.30. The fourth-order valence-corrected chi connectivity index (χ4v) is 5.43. The maximum Gasteiger partial charge on any atom is 0.238 e. The molecule has 216 valence electrons. The monoisotopic (exact) mass is 565 g/mol. The van der Waals surface area contributed by atoms with Gasteiger partial charge < -0.3 is 25.2 Å². The fraction of sp³-hybridized carbons (Fsp3) is 0.312. The van der Waals surface area contributed by atoms with Gasteiger partial charge in [-0.05, 0) is 35.9 Å². The van der Waals surface area contributed by atoms with Crippen molar-refractivity contribution in [1.29, 1.82) is 0 Å². The molecular weight excluding hydrogens is 530 g/mol. The van der Waals surface area contributed by atoms with Gasteiger partial charge in [0.2, 0.25) is 17.8 Å². The number of nitrogens with one attached hydrogen (secondary N) is 2. The third-order valence-electron chi connectivity index (χ3n) is 7.75. The molecule has 1 aromatic heterocycles. The van der Waals surface area contributed by atoms with Crippen molar-refractivity contribution in [2.24, 2.45) is 0 Å². The maximum atomic E-state index is 12.5. The Morgan fingerprint density at radius 1 is 0.881 bits per heavy atom. The number of carbonyl (C=O) groups is 2. The van der Waals surface area contributed by atoms with Crippen molar-refractivity contribution in [3.05, 3.63) is 72.9 Å². The van der Waals surface area contributed by atoms with Crippen LogP contribution in [0.25, 0.3) is 22.0 Å². The average molecular weight is 566 g/mol. The van der Waals surface area contributed by atoms with Crippen LogP contribution in [0.4, 0.5) is 23.0 Å². The van der Waals surface area contributed by atoms with E-state index >= 15 is 0 Å². The Hall–Kier alpha value is -4.54. The number of para-hydroxylation sites is 1. The molecule has 0 spiro atoms. The van der Waals surface area contributed by atoms with Crippen LogP contribution in [0.2, 0.25) is 0 Å². The zero-order chi connectivity index (χ0) is 28.9. The van der Waals surface area contributed by atoms with Gasteiger partial charge in [-0.3, -0.25) is 14.5 Å². The second-order valence-corrected chi connectivity index (χ2v) is 10.6. The standard InChI is InChI=1S/C32H35N7O3/c1-23(40)38-12-14-39(15-13-38)28-6-3-5-27(20-28)35-32-33-21-25-4-2-7-29(31(25)36-32)24-8-10-26(11-9-24)34-30(41)22-37-16-18-42-19-17-37/h2-11,20-21H,12-19,22H2,1H3,(H,34,41)(H,33,35,36). The third-order valence-corrected chi connectivity index (χ3v) is 7.75. The van der Waals surface area contributed by atoms with Gasteiger partial charge in [0.15, 0.2) is 0 Å². The number of ether oxygens (including phenoxy) is 1. The van der Waals surface area contributed by atoms with Gasteiger partial charge in [0, 0.05) is 80.4 Å². The number of aromatic nitrogens is 2. The van der Waals surface area contributed by atoms with E-state index in [1.54, 1.807) is 6.92 Å². The van der Waals surface area contributed by atoms with Gasteiger partial charge in [-0.25, -0.2) is 9.97 Å². The predicted octanol–water partition coefficient (Wildman–Crippen LogP) is 3.98. The minimum atomic E-state index is -0.0272. The summed E-state index contributed by atoms with van der Waals surface area (Å²) in [6, 6.07) is 22.1. The second kappa shape index (κ2) is 12.5. The Bertz CT molecular complexity index is 1560. The first-order valence-electron chi connectivity index (χ1n) is 14.4. The minimum absolute atomic E-state index is 0.0272. The molecular formula is C32H35N7O3. The number of amides is 2. The average Bonchev–Trinajstić information content (AvgIpc) is 3.02. The molecule has 3 heterocycles. The van der Waals surface area contributed by atoms with Crippen molar-refractivity contribution >= 4 is 45.7 Å². The molecule has 10 heteroatoms. The molecule has 0 radical (unpaired) electrons. The lowest BCUT2D eigenvalue weighted by molar-refractivity contribution is -0.129. The van der Waals surface area contributed by atoms with Gasteiger partial charge in [0.1, 0.15) is 0 Å². The lowest BCUT2D eigenvalue weighted by atomic mass is 10.0. The molecule has 4 aromatic rings. The van der Waals surface area contributed by atoms with E-state index in [-0.39, 0.29) is 11.8 Å². The summed E-state index contributed by atoms with van der Waals surface area (Å²) in [5.41, 5.74) is 5.59. The number of anilines is 4. The molecule has 2 aliphatic heterocycles. The molecule has 0 saturated carbocycles. The lowest BCUT2D eigenvalue weighted by Gasteiger charge is -2.35. The van der Waals surface area contributed by atoms with Crippen molar-refractivity contribution in [3.63, 3.8) is 0 Å². The highest BCUT2D eigenvalue weighted by Gasteiger charge is 2.19. The summed E-state index contributed by atoms with van der Waals surface area (Å²) in [7, 11) is 0. The minimum Gasteiger partial charge on any atom is -0.379 e. The maximum absolute atomic E-state index is 12.5. The molecule has 3 aromatic carbocycles. The molecule has 2 N–H and O–H groups in total. The van der Waals surface area contributed by atoms with Gasteiger partial charge in [-0.2, -0.15) is 0 Å². The second-order valence-electron chi connectivity index (χ2n) is 10.6. The summed E-state index contributed by atoms with van der Waals surface area (Å²) >= 11 is 0. The molecule has 2 amide bonds. The fourth-order valence-electron chi connectivity index (χ4n) is 5.43. The smallest absolute Gasteiger partial charge is 0.238 e. The predicted molar refractivity (Wildman–Crippen MR) is 165 cm³/mol. The molecule has 10 nitrogen and oxygen atoms in total. The number of benzene rings is 3. The van der Waals surface area contributed by atoms with Gasteiger partial charge in [0.05, 0.1) is 25.3 Å². The van der Waals surface area contributed by atoms with Crippen molar-refractivity contribution in [2.75, 3.05) is 74.6 Å². The highest BCUT2D eigenvalue weighted by atomic mass is 16.5. The molecule has 42 heavy (non-hydrogen) atoms. The van der Waals surface area contributed by atoms with Gasteiger partial charge in [0.25, 0.3) is 0 Å². The van der Waals surface area contributed by atoms with Gasteiger partial charge in [-0.1, -0.05) is 36.4 Å². The number of nitrogens with zero attached hydrogens (tertiary/aromatic N) is 5. The van der Waals surface area contributed by atoms with Crippen LogP contribution >= 0.6 is 0 Å². The van der Waals surface area contributed by atoms with Gasteiger partial charge >= 0.3 is 0 Å². The number of hydrogen-bond donors (Lipinski definition) is 2. The Balaban J connectivity index is 1.15. The Labute approximate surface area is 245 Å². The summed E-state index contributed by atoms with van der Waals surface area (Å²) in [5, 5.41) is 7.31. The van der Waals surface area contributed by atoms with E-state index < -0.39 is 0 Å². The number of morpholine rings is 1. The number of piperazine rings is 1. The van der Waals surface area contributed by atoms with E-state index in [0.29, 0.717) is 25.7 Å². The van der Waals surface area contributed by atoms with E-state index in [2.05, 4.69) is 37.6 Å². The van der Waals surface area contributed by atoms with Crippen LogP contribution in [-0.2, 0) is 14.3 Å². The van der Waals surface area contributed by atoms with E-state index in [9.17, 15) is 9.59 Å². The summed E-state index contributed by atoms with van der Waals surface area (Å²) in [5.74, 6) is 0.612. The largest absolute Gasteiger partial charge is 0.379 e. The van der Waals surface area contributed by atoms with Crippen LogP contribution < -0.4 is 15.5 Å². The summed E-state index contributed by atoms with van der Waals surface area (Å²) in [6.45, 7) is 7.93. The molecule has 6 rings (SSSR count). The van der Waals surface area contributed by atoms with Crippen molar-refractivity contribution in [2.45, 2.75) is 6.92 Å². The van der Waals surface area contributed by atoms with E-state index in [4.69, 9.17) is 9.72 Å². The first-order chi connectivity index (χ1) is 20.5. The van der Waals surface area contributed by atoms with Gasteiger partial charge in [-0.15, -0.1) is 0 Å². The zero-order valence-electron chi connectivity index (χ0n) is 23.8. The summed E-state index contributed by atoms with van der Waals surface area (Å²) < 4.78 is 5.36. The highest BCUT2D eigenvalue weighted by molar-refractivity contribution is 5.95. The zero-order valence-corrected chi connectivity index (χ0v) is 23.8. The van der Waals surface area contributed by atoms with Crippen molar-refractivity contribution < 1.29 is 14.3 Å². The van der Waals surface area contributed by atoms with Crippen LogP contribution in [-0.4, -0.2) is 90.6 Å². The number of carbonyl (C=O) groups excluding carboxylic acids is 2. The van der Waals surface area contributed by atoms with E-state index in [0.717, 1.165) is 78.4 Å². The van der Waals surface area contributed by atoms with Crippen LogP contribution in [0, 0.1) is 0 Å². The van der Waals surface area contributed by atoms with Crippen molar-refractivity contribution in [3.8, 4) is 11.1 Å². The molecule has 0 atom stereocenters. The Kier molecular flexibility index (Phi) is 8.25. The molecule has 2 aliphatic rings. The van der Waals surface area contributed by atoms with Crippen molar-refractivity contribution in [1.82, 2.24) is 19.8 Å². The number of rotatable bonds is 7. The topological polar surface area (TPSA) is 103 Å². The quantitative estimate of drug-likeness (QED) is 0.347. The van der Waals surface area contributed by atoms with Crippen LogP contribution in [0.3, 0.4) is 0 Å².